The molecule has 0 radical (unpaired) electrons. The van der Waals surface area contributed by atoms with E-state index in [2.05, 4.69) is 4.72 Å². The van der Waals surface area contributed by atoms with Crippen molar-refractivity contribution in [2.45, 2.75) is 39.7 Å². The van der Waals surface area contributed by atoms with Gasteiger partial charge in [-0.15, -0.1) is 11.6 Å². The van der Waals surface area contributed by atoms with Gasteiger partial charge in [-0.2, -0.15) is 0 Å². The number of rotatable bonds is 7. The van der Waals surface area contributed by atoms with Crippen molar-refractivity contribution in [2.75, 3.05) is 11.6 Å². The van der Waals surface area contributed by atoms with Crippen molar-refractivity contribution in [1.82, 2.24) is 4.72 Å². The number of benzene rings is 1. The van der Waals surface area contributed by atoms with Crippen LogP contribution in [0.3, 0.4) is 0 Å². The van der Waals surface area contributed by atoms with Crippen molar-refractivity contribution in [3.8, 4) is 0 Å². The summed E-state index contributed by atoms with van der Waals surface area (Å²) in [5, 5.41) is 0. The topological polar surface area (TPSA) is 46.2 Å². The first-order chi connectivity index (χ1) is 8.85. The molecule has 0 saturated heterocycles. The van der Waals surface area contributed by atoms with E-state index in [1.807, 2.05) is 39.0 Å². The molecule has 0 heterocycles. The van der Waals surface area contributed by atoms with Crippen molar-refractivity contribution in [3.63, 3.8) is 0 Å². The zero-order chi connectivity index (χ0) is 14.5. The number of unbranched alkanes of at least 4 members (excludes halogenated alkanes) is 1. The molecule has 0 bridgehead atoms. The molecule has 19 heavy (non-hydrogen) atoms. The fourth-order valence-electron chi connectivity index (χ4n) is 2.00. The molecule has 0 fully saturated rings. The van der Waals surface area contributed by atoms with Crippen molar-refractivity contribution >= 4 is 21.6 Å². The third-order valence-electron chi connectivity index (χ3n) is 3.05. The summed E-state index contributed by atoms with van der Waals surface area (Å²) in [4.78, 5) is 0. The largest absolute Gasteiger partial charge is 0.212 e. The first-order valence-electron chi connectivity index (χ1n) is 6.49. The zero-order valence-electron chi connectivity index (χ0n) is 11.7. The molecule has 0 spiro atoms. The van der Waals surface area contributed by atoms with Gasteiger partial charge in [-0.05, 0) is 44.7 Å². The first-order valence-corrected chi connectivity index (χ1v) is 8.67. The second-order valence-electron chi connectivity index (χ2n) is 4.91. The lowest BCUT2D eigenvalue weighted by Gasteiger charge is -2.17. The minimum Gasteiger partial charge on any atom is -0.212 e. The van der Waals surface area contributed by atoms with Crippen LogP contribution in [0, 0.1) is 13.8 Å². The number of halogens is 1. The number of aryl methyl sites for hydroxylation is 2. The molecule has 108 valence electrons. The van der Waals surface area contributed by atoms with E-state index < -0.39 is 10.0 Å². The predicted octanol–water partition coefficient (Wildman–Crippen LogP) is 3.30. The van der Waals surface area contributed by atoms with Gasteiger partial charge in [0, 0.05) is 11.9 Å². The molecular weight excluding hydrogens is 282 g/mol. The Bertz CT molecular complexity index is 514. The summed E-state index contributed by atoms with van der Waals surface area (Å²) in [7, 11) is -3.24. The molecule has 0 aliphatic heterocycles. The van der Waals surface area contributed by atoms with Gasteiger partial charge < -0.3 is 0 Å². The third-order valence-corrected chi connectivity index (χ3v) is 4.86. The summed E-state index contributed by atoms with van der Waals surface area (Å²) in [5.74, 6) is 0.636. The monoisotopic (exact) mass is 303 g/mol. The lowest BCUT2D eigenvalue weighted by atomic mass is 10.0. The molecule has 5 heteroatoms. The highest BCUT2D eigenvalue weighted by molar-refractivity contribution is 7.89. The van der Waals surface area contributed by atoms with Gasteiger partial charge in [-0.3, -0.25) is 0 Å². The lowest BCUT2D eigenvalue weighted by Crippen LogP contribution is -2.29. The summed E-state index contributed by atoms with van der Waals surface area (Å²) < 4.78 is 26.6. The zero-order valence-corrected chi connectivity index (χ0v) is 13.3. The maximum Gasteiger partial charge on any atom is 0.212 e. The maximum atomic E-state index is 11.9. The van der Waals surface area contributed by atoms with E-state index in [0.29, 0.717) is 12.3 Å². The van der Waals surface area contributed by atoms with Gasteiger partial charge in [0.05, 0.1) is 5.75 Å². The van der Waals surface area contributed by atoms with Gasteiger partial charge in [-0.1, -0.05) is 23.8 Å². The molecular formula is C14H22ClNO2S. The van der Waals surface area contributed by atoms with E-state index in [9.17, 15) is 8.42 Å². The Hall–Kier alpha value is -0.580. The van der Waals surface area contributed by atoms with Crippen LogP contribution < -0.4 is 4.72 Å². The molecule has 1 atom stereocenters. The SMILES string of the molecule is Cc1ccc(C)c(C(C)NS(=O)(=O)CCCCCl)c1. The van der Waals surface area contributed by atoms with Crippen molar-refractivity contribution in [1.29, 1.82) is 0 Å². The fraction of sp³-hybridized carbons (Fsp3) is 0.571. The minimum absolute atomic E-state index is 0.134. The number of alkyl halides is 1. The molecule has 0 aliphatic carbocycles. The van der Waals surface area contributed by atoms with Crippen LogP contribution in [-0.4, -0.2) is 20.1 Å². The van der Waals surface area contributed by atoms with Crippen LogP contribution in [0.1, 0.15) is 42.5 Å². The molecule has 1 rings (SSSR count). The van der Waals surface area contributed by atoms with Crippen LogP contribution in [0.2, 0.25) is 0 Å². The van der Waals surface area contributed by atoms with Gasteiger partial charge in [-0.25, -0.2) is 13.1 Å². The fourth-order valence-corrected chi connectivity index (χ4v) is 3.56. The Balaban J connectivity index is 2.73. The smallest absolute Gasteiger partial charge is 0.212 e. The Labute approximate surface area is 121 Å². The van der Waals surface area contributed by atoms with Gasteiger partial charge in [0.25, 0.3) is 0 Å². The average Bonchev–Trinajstić information content (AvgIpc) is 2.31. The quantitative estimate of drug-likeness (QED) is 0.620. The molecule has 0 saturated carbocycles. The van der Waals surface area contributed by atoms with Crippen LogP contribution in [0.15, 0.2) is 18.2 Å². The molecule has 1 N–H and O–H groups in total. The molecule has 1 aromatic carbocycles. The van der Waals surface area contributed by atoms with E-state index >= 15 is 0 Å². The lowest BCUT2D eigenvalue weighted by molar-refractivity contribution is 0.563. The highest BCUT2D eigenvalue weighted by Crippen LogP contribution is 2.19. The molecule has 3 nitrogen and oxygen atoms in total. The Morgan fingerprint density at radius 3 is 2.58 bits per heavy atom. The Morgan fingerprint density at radius 2 is 1.95 bits per heavy atom. The molecule has 1 aromatic rings. The number of nitrogens with one attached hydrogen (secondary N) is 1. The van der Waals surface area contributed by atoms with Crippen molar-refractivity contribution in [3.05, 3.63) is 34.9 Å². The summed E-state index contributed by atoms with van der Waals surface area (Å²) >= 11 is 5.55. The Morgan fingerprint density at radius 1 is 1.26 bits per heavy atom. The van der Waals surface area contributed by atoms with Crippen LogP contribution in [0.4, 0.5) is 0 Å². The second-order valence-corrected chi connectivity index (χ2v) is 7.17. The third kappa shape index (κ3) is 5.51. The van der Waals surface area contributed by atoms with Crippen molar-refractivity contribution < 1.29 is 8.42 Å². The van der Waals surface area contributed by atoms with E-state index in [4.69, 9.17) is 11.6 Å². The summed E-state index contributed by atoms with van der Waals surface area (Å²) in [5.41, 5.74) is 3.26. The van der Waals surface area contributed by atoms with Gasteiger partial charge in [0.2, 0.25) is 10.0 Å². The standard InChI is InChI=1S/C14H22ClNO2S/c1-11-6-7-12(2)14(10-11)13(3)16-19(17,18)9-5-4-8-15/h6-7,10,13,16H,4-5,8-9H2,1-3H3. The van der Waals surface area contributed by atoms with E-state index in [-0.39, 0.29) is 11.8 Å². The van der Waals surface area contributed by atoms with E-state index in [1.165, 1.54) is 0 Å². The van der Waals surface area contributed by atoms with Gasteiger partial charge in [0.1, 0.15) is 0 Å². The minimum atomic E-state index is -3.24. The summed E-state index contributed by atoms with van der Waals surface area (Å²) in [6, 6.07) is 5.87. The van der Waals surface area contributed by atoms with Crippen LogP contribution in [-0.2, 0) is 10.0 Å². The van der Waals surface area contributed by atoms with Crippen molar-refractivity contribution in [2.24, 2.45) is 0 Å². The summed E-state index contributed by atoms with van der Waals surface area (Å²) in [6.07, 6.45) is 1.32. The normalized spacial score (nSPS) is 13.5. The van der Waals surface area contributed by atoms with Crippen LogP contribution >= 0.6 is 11.6 Å². The number of sulfonamides is 1. The molecule has 0 aliphatic rings. The van der Waals surface area contributed by atoms with Crippen LogP contribution in [0.25, 0.3) is 0 Å². The van der Waals surface area contributed by atoms with Gasteiger partial charge >= 0.3 is 0 Å². The second kappa shape index (κ2) is 7.27. The molecule has 1 unspecified atom stereocenters. The molecule has 0 aromatic heterocycles. The van der Waals surface area contributed by atoms with E-state index in [1.54, 1.807) is 0 Å². The maximum absolute atomic E-state index is 11.9. The predicted molar refractivity (Wildman–Crippen MR) is 81.2 cm³/mol. The molecule has 0 amide bonds. The van der Waals surface area contributed by atoms with Gasteiger partial charge in [0.15, 0.2) is 0 Å². The Kier molecular flexibility index (Phi) is 6.30. The van der Waals surface area contributed by atoms with Crippen LogP contribution in [0.5, 0.6) is 0 Å². The number of hydrogen-bond donors (Lipinski definition) is 1. The highest BCUT2D eigenvalue weighted by atomic mass is 35.5. The average molecular weight is 304 g/mol. The summed E-state index contributed by atoms with van der Waals surface area (Å²) in [6.45, 7) is 5.87. The highest BCUT2D eigenvalue weighted by Gasteiger charge is 2.16. The number of hydrogen-bond acceptors (Lipinski definition) is 2. The first kappa shape index (κ1) is 16.5. The van der Waals surface area contributed by atoms with E-state index in [0.717, 1.165) is 23.1 Å².